The zero-order chi connectivity index (χ0) is 20.9. The highest BCUT2D eigenvalue weighted by Crippen LogP contribution is 2.41. The fourth-order valence-electron chi connectivity index (χ4n) is 4.13. The lowest BCUT2D eigenvalue weighted by molar-refractivity contribution is -0.117. The van der Waals surface area contributed by atoms with Gasteiger partial charge < -0.3 is 10.2 Å². The normalized spacial score (nSPS) is 17.0. The van der Waals surface area contributed by atoms with Crippen LogP contribution in [0.15, 0.2) is 65.6 Å². The molecule has 0 aliphatic carbocycles. The van der Waals surface area contributed by atoms with Crippen LogP contribution in [0.4, 0.5) is 17.1 Å². The van der Waals surface area contributed by atoms with Gasteiger partial charge in [-0.2, -0.15) is 0 Å². The fourth-order valence-corrected chi connectivity index (χ4v) is 5.80. The molecule has 5 rings (SSSR count). The predicted molar refractivity (Wildman–Crippen MR) is 115 cm³/mol. The molecule has 30 heavy (non-hydrogen) atoms. The van der Waals surface area contributed by atoms with E-state index in [2.05, 4.69) is 5.32 Å². The van der Waals surface area contributed by atoms with E-state index in [1.807, 2.05) is 18.2 Å². The van der Waals surface area contributed by atoms with Crippen molar-refractivity contribution in [3.05, 3.63) is 60.7 Å². The first-order valence-electron chi connectivity index (χ1n) is 9.70. The van der Waals surface area contributed by atoms with Crippen LogP contribution in [0.2, 0.25) is 0 Å². The van der Waals surface area contributed by atoms with Crippen molar-refractivity contribution in [2.24, 2.45) is 0 Å². The van der Waals surface area contributed by atoms with Gasteiger partial charge in [0.15, 0.2) is 0 Å². The average Bonchev–Trinajstić information content (AvgIpc) is 3.25. The molecule has 0 bridgehead atoms. The molecule has 8 heteroatoms. The molecule has 7 nitrogen and oxygen atoms in total. The number of sulfonamides is 1. The summed E-state index contributed by atoms with van der Waals surface area (Å²) in [5, 5.41) is 4.22. The lowest BCUT2D eigenvalue weighted by atomic mass is 10.1. The first-order valence-corrected chi connectivity index (χ1v) is 11.1. The van der Waals surface area contributed by atoms with E-state index in [-0.39, 0.29) is 17.3 Å². The summed E-state index contributed by atoms with van der Waals surface area (Å²) in [7, 11) is -3.79. The van der Waals surface area contributed by atoms with Crippen molar-refractivity contribution in [3.63, 3.8) is 0 Å². The van der Waals surface area contributed by atoms with Gasteiger partial charge in [-0.25, -0.2) is 8.42 Å². The maximum absolute atomic E-state index is 13.0. The molecule has 2 aliphatic rings. The fraction of sp³-hybridized carbons (Fsp3) is 0.182. The number of amides is 2. The van der Waals surface area contributed by atoms with Crippen LogP contribution in [-0.2, 0) is 19.6 Å². The van der Waals surface area contributed by atoms with Crippen molar-refractivity contribution < 1.29 is 18.0 Å². The number of carbonyl (C=O) groups is 2. The van der Waals surface area contributed by atoms with Gasteiger partial charge in [0, 0.05) is 29.7 Å². The third-order valence-corrected chi connectivity index (χ3v) is 7.29. The maximum Gasteiger partial charge on any atom is 0.265 e. The molecule has 0 unspecified atom stereocenters. The van der Waals surface area contributed by atoms with Gasteiger partial charge in [-0.3, -0.25) is 13.9 Å². The van der Waals surface area contributed by atoms with Crippen molar-refractivity contribution >= 4 is 49.7 Å². The van der Waals surface area contributed by atoms with Crippen molar-refractivity contribution in [2.45, 2.75) is 17.7 Å². The number of anilines is 3. The average molecular weight is 421 g/mol. The number of benzene rings is 3. The van der Waals surface area contributed by atoms with E-state index in [4.69, 9.17) is 0 Å². The Labute approximate surface area is 174 Å². The minimum Gasteiger partial charge on any atom is -0.324 e. The summed E-state index contributed by atoms with van der Waals surface area (Å²) in [5.41, 5.74) is 1.75. The molecule has 2 heterocycles. The molecule has 2 amide bonds. The molecule has 1 saturated heterocycles. The highest BCUT2D eigenvalue weighted by atomic mass is 32.2. The van der Waals surface area contributed by atoms with Gasteiger partial charge in [0.05, 0.1) is 10.6 Å². The molecule has 3 aromatic rings. The Kier molecular flexibility index (Phi) is 4.25. The molecule has 0 aromatic heterocycles. The Bertz CT molecular complexity index is 1300. The predicted octanol–water partition coefficient (Wildman–Crippen LogP) is 3.11. The molecule has 0 spiro atoms. The second kappa shape index (κ2) is 6.84. The van der Waals surface area contributed by atoms with E-state index in [1.54, 1.807) is 47.4 Å². The first-order chi connectivity index (χ1) is 14.4. The van der Waals surface area contributed by atoms with Crippen molar-refractivity contribution in [1.29, 1.82) is 0 Å². The van der Waals surface area contributed by atoms with E-state index < -0.39 is 15.9 Å². The third-order valence-electron chi connectivity index (χ3n) is 5.48. The van der Waals surface area contributed by atoms with E-state index in [1.165, 1.54) is 0 Å². The summed E-state index contributed by atoms with van der Waals surface area (Å²) in [4.78, 5) is 26.6. The molecule has 0 saturated carbocycles. The van der Waals surface area contributed by atoms with Crippen molar-refractivity contribution in [1.82, 2.24) is 0 Å². The van der Waals surface area contributed by atoms with Gasteiger partial charge in [-0.15, -0.1) is 0 Å². The zero-order valence-electron chi connectivity index (χ0n) is 16.0. The van der Waals surface area contributed by atoms with E-state index >= 15 is 0 Å². The highest BCUT2D eigenvalue weighted by molar-refractivity contribution is 7.93. The molecule has 0 radical (unpaired) electrons. The standard InChI is InChI=1S/C22H19N3O4S/c26-20(23-16-7-3-8-17(13-16)24-12-4-11-21(24)27)14-25-18-9-1-5-15-6-2-10-19(22(15)18)30(25,28)29/h1-3,5-10,13H,4,11-12,14H2,(H,23,26). The largest absolute Gasteiger partial charge is 0.324 e. The number of hydrogen-bond donors (Lipinski definition) is 1. The Morgan fingerprint density at radius 3 is 2.57 bits per heavy atom. The van der Waals surface area contributed by atoms with Crippen LogP contribution in [0.3, 0.4) is 0 Å². The van der Waals surface area contributed by atoms with Gasteiger partial charge in [-0.1, -0.05) is 30.3 Å². The zero-order valence-corrected chi connectivity index (χ0v) is 16.9. The number of hydrogen-bond acceptors (Lipinski definition) is 4. The molecular weight excluding hydrogens is 402 g/mol. The van der Waals surface area contributed by atoms with Crippen LogP contribution in [-0.4, -0.2) is 33.3 Å². The van der Waals surface area contributed by atoms with Crippen LogP contribution in [0, 0.1) is 0 Å². The van der Waals surface area contributed by atoms with E-state index in [9.17, 15) is 18.0 Å². The smallest absolute Gasteiger partial charge is 0.265 e. The van der Waals surface area contributed by atoms with Crippen molar-refractivity contribution in [3.8, 4) is 0 Å². The summed E-state index contributed by atoms with van der Waals surface area (Å²) < 4.78 is 27.2. The molecule has 3 aromatic carbocycles. The van der Waals surface area contributed by atoms with E-state index in [0.717, 1.165) is 21.8 Å². The summed E-state index contributed by atoms with van der Waals surface area (Å²) in [5.74, 6) is -0.388. The molecule has 1 N–H and O–H groups in total. The SMILES string of the molecule is O=C(CN1c2cccc3cccc(c23)S1(=O)=O)Nc1cccc(N2CCCC2=O)c1. The molecule has 152 valence electrons. The van der Waals surface area contributed by atoms with Gasteiger partial charge >= 0.3 is 0 Å². The lowest BCUT2D eigenvalue weighted by Crippen LogP contribution is -2.35. The summed E-state index contributed by atoms with van der Waals surface area (Å²) >= 11 is 0. The van der Waals surface area contributed by atoms with Crippen LogP contribution in [0.25, 0.3) is 10.8 Å². The number of carbonyl (C=O) groups excluding carboxylic acids is 2. The molecule has 0 atom stereocenters. The van der Waals surface area contributed by atoms with Gasteiger partial charge in [-0.05, 0) is 42.1 Å². The first kappa shape index (κ1) is 18.6. The maximum atomic E-state index is 13.0. The highest BCUT2D eigenvalue weighted by Gasteiger charge is 2.36. The van der Waals surface area contributed by atoms with Crippen LogP contribution in [0.5, 0.6) is 0 Å². The summed E-state index contributed by atoms with van der Waals surface area (Å²) in [6.45, 7) is 0.327. The Morgan fingerprint density at radius 1 is 1.03 bits per heavy atom. The lowest BCUT2D eigenvalue weighted by Gasteiger charge is -2.19. The topological polar surface area (TPSA) is 86.8 Å². The van der Waals surface area contributed by atoms with Gasteiger partial charge in [0.1, 0.15) is 6.54 Å². The number of nitrogens with zero attached hydrogens (tertiary/aromatic N) is 2. The van der Waals surface area contributed by atoms with Gasteiger partial charge in [0.2, 0.25) is 11.8 Å². The molecule has 1 fully saturated rings. The van der Waals surface area contributed by atoms with E-state index in [0.29, 0.717) is 29.7 Å². The van der Waals surface area contributed by atoms with Crippen LogP contribution < -0.4 is 14.5 Å². The molecular formula is C22H19N3O4S. The second-order valence-corrected chi connectivity index (χ2v) is 9.22. The van der Waals surface area contributed by atoms with Gasteiger partial charge in [0.25, 0.3) is 10.0 Å². The Morgan fingerprint density at radius 2 is 1.80 bits per heavy atom. The Balaban J connectivity index is 1.39. The quantitative estimate of drug-likeness (QED) is 0.701. The third kappa shape index (κ3) is 2.91. The minimum atomic E-state index is -3.79. The number of nitrogens with one attached hydrogen (secondary N) is 1. The number of rotatable bonds is 4. The van der Waals surface area contributed by atoms with Crippen LogP contribution in [0.1, 0.15) is 12.8 Å². The molecule has 2 aliphatic heterocycles. The van der Waals surface area contributed by atoms with Crippen LogP contribution >= 0.6 is 0 Å². The monoisotopic (exact) mass is 421 g/mol. The second-order valence-electron chi connectivity index (χ2n) is 7.39. The minimum absolute atomic E-state index is 0.0625. The summed E-state index contributed by atoms with van der Waals surface area (Å²) in [6.07, 6.45) is 1.34. The van der Waals surface area contributed by atoms with Crippen molar-refractivity contribution in [2.75, 3.05) is 27.6 Å². The summed E-state index contributed by atoms with van der Waals surface area (Å²) in [6, 6.07) is 17.5. The Hall–Kier alpha value is -3.39.